The van der Waals surface area contributed by atoms with Gasteiger partial charge in [0.15, 0.2) is 50.5 Å². The number of carboxylic acid groups (broad SMARTS) is 1. The second kappa shape index (κ2) is 38.1. The SMILES string of the molecule is CCn1c(=O)[nH]c(=O)c2c1nc(Cc1cn3ccccc3n1)n2Cc1ccc(-c2ccn(C)n2)cc1.CCn1c(=O)[nH]c(=O)c2c1nc(Cc1cn3ccccc3n1)n2Cc1ccc(-c2ncccn2)cc1.CCn1c(=O)[nH]c(=O)c2c1nc(Cc1cn3ccccc3n1)n2Cc1ccc(-c2noc(C)n2)cc1.CCn1c(=O)[nH]c(=O)c2c1nc(Cc1cn3ccccc3n1)n2Cc1ccc(C(=O)O)cc1. The lowest BCUT2D eigenvalue weighted by Gasteiger charge is -2.09. The van der Waals surface area contributed by atoms with Crippen LogP contribution in [0.25, 0.3) is 101 Å². The molecule has 0 fully saturated rings. The van der Waals surface area contributed by atoms with Gasteiger partial charge in [-0.25, -0.2) is 73.8 Å². The van der Waals surface area contributed by atoms with Crippen molar-refractivity contribution in [1.29, 1.82) is 0 Å². The Morgan fingerprint density at radius 1 is 0.340 bits per heavy atom. The van der Waals surface area contributed by atoms with Crippen LogP contribution < -0.4 is 45.0 Å². The average Bonchev–Trinajstić information content (AvgIpc) is 1.61. The number of carboxylic acids is 1. The highest BCUT2D eigenvalue weighted by Gasteiger charge is 2.27. The monoisotopic (exact) mass is 1880 g/mol. The normalized spacial score (nSPS) is 11.5. The number of rotatable bonds is 24. The highest BCUT2D eigenvalue weighted by atomic mass is 16.5. The molecule has 4 aromatic carbocycles. The summed E-state index contributed by atoms with van der Waals surface area (Å²) in [6, 6.07) is 57.0. The second-order valence-electron chi connectivity index (χ2n) is 33.3. The van der Waals surface area contributed by atoms with Gasteiger partial charge in [0.1, 0.15) is 45.9 Å². The molecule has 23 rings (SSSR count). The zero-order valence-corrected chi connectivity index (χ0v) is 76.8. The van der Waals surface area contributed by atoms with Gasteiger partial charge in [-0.1, -0.05) is 114 Å². The van der Waals surface area contributed by atoms with Crippen molar-refractivity contribution in [3.8, 4) is 34.0 Å². The first-order chi connectivity index (χ1) is 68.5. The van der Waals surface area contributed by atoms with Crippen molar-refractivity contribution >= 4 is 73.2 Å². The zero-order valence-electron chi connectivity index (χ0n) is 76.8. The van der Waals surface area contributed by atoms with Crippen LogP contribution in [0.15, 0.2) is 293 Å². The fraction of sp³-hybridized carbons (Fsp3) is 0.180. The van der Waals surface area contributed by atoms with Crippen LogP contribution in [0.3, 0.4) is 0 Å². The van der Waals surface area contributed by atoms with Crippen molar-refractivity contribution in [2.24, 2.45) is 7.05 Å². The Bertz CT molecular complexity index is 8820. The van der Waals surface area contributed by atoms with E-state index in [1.807, 2.05) is 273 Å². The van der Waals surface area contributed by atoms with E-state index in [0.29, 0.717) is 151 Å². The van der Waals surface area contributed by atoms with Crippen LogP contribution >= 0.6 is 0 Å². The van der Waals surface area contributed by atoms with Crippen LogP contribution in [-0.4, -0.2) is 155 Å². The van der Waals surface area contributed by atoms with Crippen molar-refractivity contribution in [2.45, 2.75) is 113 Å². The van der Waals surface area contributed by atoms with Gasteiger partial charge in [0.2, 0.25) is 11.7 Å². The molecule has 0 radical (unpaired) electrons. The Kier molecular flexibility index (Phi) is 24.3. The lowest BCUT2D eigenvalue weighted by molar-refractivity contribution is 0.0696. The molecule has 0 unspecified atom stereocenters. The summed E-state index contributed by atoms with van der Waals surface area (Å²) >= 11 is 0. The highest BCUT2D eigenvalue weighted by molar-refractivity contribution is 5.87. The van der Waals surface area contributed by atoms with Gasteiger partial charge in [-0.2, -0.15) is 10.1 Å². The molecule has 0 spiro atoms. The largest absolute Gasteiger partial charge is 0.478 e. The van der Waals surface area contributed by atoms with Crippen LogP contribution in [0.5, 0.6) is 0 Å². The molecule has 41 heteroatoms. The number of imidazole rings is 8. The van der Waals surface area contributed by atoms with E-state index in [9.17, 15) is 43.2 Å². The molecule has 19 heterocycles. The van der Waals surface area contributed by atoms with Crippen LogP contribution in [0.4, 0.5) is 0 Å². The molecule has 0 amide bonds. The second-order valence-corrected chi connectivity index (χ2v) is 33.3. The number of benzene rings is 4. The van der Waals surface area contributed by atoms with E-state index in [0.717, 1.165) is 90.0 Å². The number of fused-ring (bicyclic) bond motifs is 8. The fourth-order valence-corrected chi connectivity index (χ4v) is 17.4. The lowest BCUT2D eigenvalue weighted by Crippen LogP contribution is -2.30. The van der Waals surface area contributed by atoms with Crippen LogP contribution in [0.1, 0.15) is 112 Å². The van der Waals surface area contributed by atoms with Gasteiger partial charge in [0.25, 0.3) is 22.2 Å². The zero-order chi connectivity index (χ0) is 97.4. The molecule has 5 N–H and O–H groups in total. The predicted octanol–water partition coefficient (Wildman–Crippen LogP) is 9.69. The third kappa shape index (κ3) is 18.2. The fourth-order valence-electron chi connectivity index (χ4n) is 17.4. The number of aryl methyl sites for hydroxylation is 6. The first-order valence-corrected chi connectivity index (χ1v) is 45.3. The molecule has 23 aromatic rings. The number of nitrogens with one attached hydrogen (secondary N) is 4. The first-order valence-electron chi connectivity index (χ1n) is 45.3. The molecule has 0 saturated carbocycles. The summed E-state index contributed by atoms with van der Waals surface area (Å²) in [5.41, 5.74) is 13.1. The summed E-state index contributed by atoms with van der Waals surface area (Å²) < 4.78 is 27.8. The van der Waals surface area contributed by atoms with Crippen molar-refractivity contribution in [3.05, 3.63) is 413 Å². The molecule has 0 aliphatic rings. The Balaban J connectivity index is 0.000000115. The van der Waals surface area contributed by atoms with E-state index in [2.05, 4.69) is 60.1 Å². The topological polar surface area (TPSA) is 480 Å². The smallest absolute Gasteiger partial charge is 0.335 e. The number of aromatic carboxylic acids is 1. The predicted molar refractivity (Wildman–Crippen MR) is 524 cm³/mol. The molecule has 0 aliphatic heterocycles. The summed E-state index contributed by atoms with van der Waals surface area (Å²) in [5.74, 6) is 3.19. The lowest BCUT2D eigenvalue weighted by atomic mass is 10.1. The number of H-pyrrole nitrogens is 4. The summed E-state index contributed by atoms with van der Waals surface area (Å²) in [7, 11) is 1.89. The van der Waals surface area contributed by atoms with Crippen LogP contribution in [-0.2, 0) is 85.1 Å². The Labute approximate surface area is 794 Å². The minimum Gasteiger partial charge on any atom is -0.478 e. The number of aromatic amines is 4. The minimum atomic E-state index is -1.01. The molecule has 141 heavy (non-hydrogen) atoms. The number of nitrogens with zero attached hydrogens (tertiary/aromatic N) is 26. The molecule has 0 saturated heterocycles. The van der Waals surface area contributed by atoms with Crippen LogP contribution in [0.2, 0.25) is 0 Å². The minimum absolute atomic E-state index is 0.178. The van der Waals surface area contributed by atoms with E-state index in [-0.39, 0.29) is 17.6 Å². The molecular formula is C100H88N30O11. The summed E-state index contributed by atoms with van der Waals surface area (Å²) in [4.78, 5) is 173. The van der Waals surface area contributed by atoms with Gasteiger partial charge in [-0.3, -0.25) is 62.1 Å². The standard InChI is InChI=1S/C26H24N8O2.C26H22N8O2.C25H22N8O3.C23H20N6O4/c1-3-33-24-23(25(35)29-26(33)36)34(15-17-7-9-18(10-8-17)20-11-13-31(2)30-20)22(28-24)14-19-16-32-12-5-4-6-21(32)27-19;1-2-33-24-22(25(35)31-26(33)36)34(15-17-7-9-18(10-8-17)23-27-11-5-12-28-23)21(30-24)14-19-16-32-13-4-3-6-20(32)29-19;1-3-32-23-21(24(34)29-25(32)35)33(13-16-7-9-17(10-8-16)22-26-15(2)36-30-22)20(28-23)12-18-14-31-11-5-4-6-19(31)27-18;1-2-28-20-19(21(30)26-23(28)33)29(12-14-6-8-15(9-7-14)22(31)32)18(25-20)11-16-13-27-10-4-3-5-17(27)24-16/h4-13,16H,3,14-15H2,1-2H3,(H,29,35,36);3-13,16H,2,14-15H2,1H3,(H,31,35,36);4-11,14H,3,12-13H2,1-2H3,(H,29,34,35);3-10,13H,2,11-12H2,1H3,(H,31,32)(H,26,30,33). The maximum Gasteiger partial charge on any atom is 0.335 e. The molecule has 0 atom stereocenters. The Morgan fingerprint density at radius 3 is 0.922 bits per heavy atom. The molecular weight excluding hydrogens is 1800 g/mol. The first kappa shape index (κ1) is 90.0. The molecule has 0 aliphatic carbocycles. The third-order valence-corrected chi connectivity index (χ3v) is 24.2. The average molecular weight is 1890 g/mol. The summed E-state index contributed by atoms with van der Waals surface area (Å²) in [6.45, 7) is 12.1. The number of pyridine rings is 4. The number of aromatic nitrogens is 30. The van der Waals surface area contributed by atoms with Crippen LogP contribution in [0, 0.1) is 6.92 Å². The van der Waals surface area contributed by atoms with Gasteiger partial charge in [-0.05, 0) is 123 Å². The van der Waals surface area contributed by atoms with Crippen molar-refractivity contribution in [3.63, 3.8) is 0 Å². The number of carbonyl (C=O) groups is 1. The van der Waals surface area contributed by atoms with Gasteiger partial charge in [-0.15, -0.1) is 0 Å². The van der Waals surface area contributed by atoms with Gasteiger partial charge < -0.3 is 45.5 Å². The van der Waals surface area contributed by atoms with E-state index in [1.54, 1.807) is 46.8 Å². The summed E-state index contributed by atoms with van der Waals surface area (Å²) in [5, 5.41) is 17.6. The Hall–Kier alpha value is -18.9. The van der Waals surface area contributed by atoms with Gasteiger partial charge >= 0.3 is 28.7 Å². The third-order valence-electron chi connectivity index (χ3n) is 24.2. The van der Waals surface area contributed by atoms with Crippen molar-refractivity contribution < 1.29 is 14.4 Å². The van der Waals surface area contributed by atoms with Crippen molar-refractivity contribution in [2.75, 3.05) is 0 Å². The highest BCUT2D eigenvalue weighted by Crippen LogP contribution is 2.28. The van der Waals surface area contributed by atoms with E-state index < -0.39 is 51.0 Å². The molecule has 0 bridgehead atoms. The Morgan fingerprint density at radius 2 is 0.645 bits per heavy atom. The number of hydrogen-bond acceptors (Lipinski definition) is 23. The van der Waals surface area contributed by atoms with E-state index >= 15 is 0 Å². The number of hydrogen-bond donors (Lipinski definition) is 5. The van der Waals surface area contributed by atoms with Gasteiger partial charge in [0, 0.05) is 177 Å². The molecule has 704 valence electrons. The quantitative estimate of drug-likeness (QED) is 0.0375. The maximum atomic E-state index is 13.0. The van der Waals surface area contributed by atoms with Crippen molar-refractivity contribution in [1.82, 2.24) is 144 Å². The maximum absolute atomic E-state index is 13.0. The molecule has 19 aromatic heterocycles. The summed E-state index contributed by atoms with van der Waals surface area (Å²) in [6.07, 6.45) is 22.4. The van der Waals surface area contributed by atoms with Gasteiger partial charge in [0.05, 0.1) is 34.0 Å². The van der Waals surface area contributed by atoms with E-state index in [4.69, 9.17) is 34.5 Å². The molecule has 41 nitrogen and oxygen atoms in total. The van der Waals surface area contributed by atoms with E-state index in [1.165, 1.54) is 30.4 Å².